The van der Waals surface area contributed by atoms with Crippen molar-refractivity contribution in [2.45, 2.75) is 13.0 Å². The van der Waals surface area contributed by atoms with Gasteiger partial charge in [-0.15, -0.1) is 11.3 Å². The zero-order valence-corrected chi connectivity index (χ0v) is 13.4. The number of nitrogen functional groups attached to an aromatic ring is 1. The lowest BCUT2D eigenvalue weighted by Gasteiger charge is -2.23. The maximum absolute atomic E-state index is 12.2. The van der Waals surface area contributed by atoms with Crippen LogP contribution in [0.25, 0.3) is 0 Å². The maximum Gasteiger partial charge on any atom is 0.251 e. The molecule has 0 aliphatic heterocycles. The Morgan fingerprint density at radius 1 is 1.38 bits per heavy atom. The number of anilines is 1. The number of amides is 1. The number of carbonyl (C=O) groups is 1. The van der Waals surface area contributed by atoms with Crippen molar-refractivity contribution in [3.8, 4) is 0 Å². The number of aryl methyl sites for hydroxylation is 1. The Morgan fingerprint density at radius 2 is 2.14 bits per heavy atom. The lowest BCUT2D eigenvalue weighted by Crippen LogP contribution is -2.34. The quantitative estimate of drug-likeness (QED) is 0.835. The minimum absolute atomic E-state index is 0.0925. The number of nitrogens with two attached hydrogens (primary N) is 1. The Labute approximate surface area is 129 Å². The number of rotatable bonds is 5. The van der Waals surface area contributed by atoms with Crippen molar-refractivity contribution in [3.63, 3.8) is 0 Å². The van der Waals surface area contributed by atoms with Gasteiger partial charge in [0, 0.05) is 22.7 Å². The second-order valence-electron chi connectivity index (χ2n) is 5.28. The summed E-state index contributed by atoms with van der Waals surface area (Å²) in [5, 5.41) is 5.04. The highest BCUT2D eigenvalue weighted by Gasteiger charge is 2.16. The first-order chi connectivity index (χ1) is 9.99. The van der Waals surface area contributed by atoms with Crippen molar-refractivity contribution < 1.29 is 4.79 Å². The van der Waals surface area contributed by atoms with E-state index in [4.69, 9.17) is 5.73 Å². The molecule has 0 saturated heterocycles. The molecule has 0 aliphatic rings. The largest absolute Gasteiger partial charge is 0.398 e. The van der Waals surface area contributed by atoms with Gasteiger partial charge in [0.2, 0.25) is 0 Å². The molecule has 0 saturated carbocycles. The van der Waals surface area contributed by atoms with Crippen LogP contribution in [0.15, 0.2) is 35.7 Å². The van der Waals surface area contributed by atoms with Crippen LogP contribution in [0.3, 0.4) is 0 Å². The second-order valence-corrected chi connectivity index (χ2v) is 6.26. The molecule has 21 heavy (non-hydrogen) atoms. The second kappa shape index (κ2) is 6.74. The first-order valence-corrected chi connectivity index (χ1v) is 7.71. The van der Waals surface area contributed by atoms with Gasteiger partial charge < -0.3 is 16.0 Å². The van der Waals surface area contributed by atoms with Gasteiger partial charge in [-0.25, -0.2) is 0 Å². The summed E-state index contributed by atoms with van der Waals surface area (Å²) in [4.78, 5) is 15.6. The van der Waals surface area contributed by atoms with Crippen molar-refractivity contribution in [2.75, 3.05) is 26.4 Å². The molecule has 0 aliphatic carbocycles. The van der Waals surface area contributed by atoms with E-state index in [1.165, 1.54) is 4.88 Å². The Kier molecular flexibility index (Phi) is 4.98. The average molecular weight is 303 g/mol. The molecule has 1 unspecified atom stereocenters. The van der Waals surface area contributed by atoms with Gasteiger partial charge in [0.15, 0.2) is 0 Å². The third-order valence-electron chi connectivity index (χ3n) is 3.49. The van der Waals surface area contributed by atoms with Gasteiger partial charge >= 0.3 is 0 Å². The first kappa shape index (κ1) is 15.5. The van der Waals surface area contributed by atoms with Gasteiger partial charge in [0.25, 0.3) is 5.91 Å². The summed E-state index contributed by atoms with van der Waals surface area (Å²) < 4.78 is 0. The van der Waals surface area contributed by atoms with E-state index in [9.17, 15) is 4.79 Å². The highest BCUT2D eigenvalue weighted by Crippen LogP contribution is 2.22. The minimum atomic E-state index is -0.0925. The highest BCUT2D eigenvalue weighted by molar-refractivity contribution is 7.10. The van der Waals surface area contributed by atoms with Crippen LogP contribution in [0.4, 0.5) is 5.69 Å². The van der Waals surface area contributed by atoms with Crippen molar-refractivity contribution in [1.82, 2.24) is 10.2 Å². The van der Waals surface area contributed by atoms with E-state index >= 15 is 0 Å². The lowest BCUT2D eigenvalue weighted by atomic mass is 10.1. The number of carbonyl (C=O) groups excluding carboxylic acids is 1. The van der Waals surface area contributed by atoms with Crippen LogP contribution in [0.1, 0.15) is 26.8 Å². The molecule has 2 aromatic rings. The van der Waals surface area contributed by atoms with E-state index < -0.39 is 0 Å². The molecule has 1 atom stereocenters. The zero-order chi connectivity index (χ0) is 15.4. The standard InChI is InChI=1S/C16H21N3OS/c1-11-6-7-12(9-13(11)17)16(20)18-10-14(19(2)3)15-5-4-8-21-15/h4-9,14H,10,17H2,1-3H3,(H,18,20). The molecule has 1 aromatic carbocycles. The van der Waals surface area contributed by atoms with Gasteiger partial charge in [0.1, 0.15) is 0 Å². The zero-order valence-electron chi connectivity index (χ0n) is 12.6. The fourth-order valence-electron chi connectivity index (χ4n) is 2.09. The minimum Gasteiger partial charge on any atom is -0.398 e. The molecule has 0 radical (unpaired) electrons. The molecule has 1 amide bonds. The molecule has 0 fully saturated rings. The Bertz CT molecular complexity index is 608. The Hall–Kier alpha value is -1.85. The molecule has 0 spiro atoms. The van der Waals surface area contributed by atoms with Crippen LogP contribution in [-0.2, 0) is 0 Å². The van der Waals surface area contributed by atoms with Gasteiger partial charge in [-0.1, -0.05) is 12.1 Å². The molecular weight excluding hydrogens is 282 g/mol. The number of benzene rings is 1. The molecule has 1 aromatic heterocycles. The van der Waals surface area contributed by atoms with Crippen molar-refractivity contribution in [1.29, 1.82) is 0 Å². The molecular formula is C16H21N3OS. The van der Waals surface area contributed by atoms with Crippen LogP contribution < -0.4 is 11.1 Å². The summed E-state index contributed by atoms with van der Waals surface area (Å²) in [6.07, 6.45) is 0. The molecule has 0 bridgehead atoms. The van der Waals surface area contributed by atoms with Crippen LogP contribution in [0.2, 0.25) is 0 Å². The fraction of sp³-hybridized carbons (Fsp3) is 0.312. The van der Waals surface area contributed by atoms with E-state index in [0.717, 1.165) is 5.56 Å². The monoisotopic (exact) mass is 303 g/mol. The lowest BCUT2D eigenvalue weighted by molar-refractivity contribution is 0.0942. The van der Waals surface area contributed by atoms with Crippen LogP contribution in [0.5, 0.6) is 0 Å². The number of nitrogens with zero attached hydrogens (tertiary/aromatic N) is 1. The van der Waals surface area contributed by atoms with Crippen LogP contribution in [-0.4, -0.2) is 31.4 Å². The maximum atomic E-state index is 12.2. The number of hydrogen-bond donors (Lipinski definition) is 2. The third kappa shape index (κ3) is 3.83. The molecule has 1 heterocycles. The summed E-state index contributed by atoms with van der Waals surface area (Å²) in [7, 11) is 4.03. The molecule has 2 rings (SSSR count). The van der Waals surface area contributed by atoms with Crippen molar-refractivity contribution in [2.24, 2.45) is 0 Å². The molecule has 5 heteroatoms. The first-order valence-electron chi connectivity index (χ1n) is 6.83. The number of thiophene rings is 1. The molecule has 3 N–H and O–H groups in total. The average Bonchev–Trinajstić information content (AvgIpc) is 2.95. The van der Waals surface area contributed by atoms with E-state index in [-0.39, 0.29) is 11.9 Å². The van der Waals surface area contributed by atoms with Crippen LogP contribution in [0, 0.1) is 6.92 Å². The summed E-state index contributed by atoms with van der Waals surface area (Å²) in [6.45, 7) is 2.50. The summed E-state index contributed by atoms with van der Waals surface area (Å²) in [6, 6.07) is 9.69. The van der Waals surface area contributed by atoms with Gasteiger partial charge in [0.05, 0.1) is 6.04 Å². The Morgan fingerprint density at radius 3 is 2.71 bits per heavy atom. The summed E-state index contributed by atoms with van der Waals surface area (Å²) >= 11 is 1.70. The fourth-order valence-corrected chi connectivity index (χ4v) is 3.01. The Balaban J connectivity index is 2.03. The predicted octanol–water partition coefficient (Wildman–Crippen LogP) is 2.67. The topological polar surface area (TPSA) is 58.4 Å². The normalized spacial score (nSPS) is 12.4. The van der Waals surface area contributed by atoms with Crippen molar-refractivity contribution >= 4 is 22.9 Å². The van der Waals surface area contributed by atoms with E-state index in [0.29, 0.717) is 17.8 Å². The van der Waals surface area contributed by atoms with E-state index in [2.05, 4.69) is 16.3 Å². The van der Waals surface area contributed by atoms with Gasteiger partial charge in [-0.05, 0) is 50.2 Å². The van der Waals surface area contributed by atoms with E-state index in [1.807, 2.05) is 38.5 Å². The molecule has 4 nitrogen and oxygen atoms in total. The SMILES string of the molecule is Cc1ccc(C(=O)NCC(c2cccs2)N(C)C)cc1N. The van der Waals surface area contributed by atoms with E-state index in [1.54, 1.807) is 23.5 Å². The summed E-state index contributed by atoms with van der Waals surface area (Å²) in [5.74, 6) is -0.0925. The molecule has 112 valence electrons. The van der Waals surface area contributed by atoms with Gasteiger partial charge in [-0.3, -0.25) is 4.79 Å². The summed E-state index contributed by atoms with van der Waals surface area (Å²) in [5.41, 5.74) is 8.08. The number of hydrogen-bond acceptors (Lipinski definition) is 4. The smallest absolute Gasteiger partial charge is 0.251 e. The van der Waals surface area contributed by atoms with Crippen molar-refractivity contribution in [3.05, 3.63) is 51.7 Å². The van der Waals surface area contributed by atoms with Crippen LogP contribution >= 0.6 is 11.3 Å². The predicted molar refractivity (Wildman–Crippen MR) is 88.7 cm³/mol. The number of likely N-dealkylation sites (N-methyl/N-ethyl adjacent to an activating group) is 1. The number of nitrogens with one attached hydrogen (secondary N) is 1. The third-order valence-corrected chi connectivity index (χ3v) is 4.47. The van der Waals surface area contributed by atoms with Gasteiger partial charge in [-0.2, -0.15) is 0 Å². The highest BCUT2D eigenvalue weighted by atomic mass is 32.1.